The Morgan fingerprint density at radius 3 is 2.56 bits per heavy atom. The van der Waals surface area contributed by atoms with Crippen molar-refractivity contribution in [3.63, 3.8) is 0 Å². The van der Waals surface area contributed by atoms with Gasteiger partial charge in [0, 0.05) is 23.2 Å². The molecule has 0 aliphatic carbocycles. The maximum absolute atomic E-state index is 5.87. The molecule has 0 spiro atoms. The van der Waals surface area contributed by atoms with Gasteiger partial charge in [0.25, 0.3) is 0 Å². The van der Waals surface area contributed by atoms with Crippen molar-refractivity contribution >= 4 is 17.2 Å². The van der Waals surface area contributed by atoms with Gasteiger partial charge in [0.05, 0.1) is 0 Å². The molecule has 1 aromatic carbocycles. The summed E-state index contributed by atoms with van der Waals surface area (Å²) in [5.41, 5.74) is 8.43. The highest BCUT2D eigenvalue weighted by Gasteiger charge is 2.01. The van der Waals surface area contributed by atoms with Gasteiger partial charge in [0.1, 0.15) is 0 Å². The summed E-state index contributed by atoms with van der Waals surface area (Å²) in [4.78, 5) is 8.56. The van der Waals surface area contributed by atoms with Crippen LogP contribution in [0, 0.1) is 0 Å². The maximum Gasteiger partial charge on any atom is 0.152 e. The Morgan fingerprint density at radius 1 is 1.12 bits per heavy atom. The molecule has 0 amide bonds. The lowest BCUT2D eigenvalue weighted by Gasteiger charge is -2.04. The molecule has 0 bridgehead atoms. The Bertz CT molecular complexity index is 504. The number of aromatic nitrogens is 1. The van der Waals surface area contributed by atoms with E-state index in [9.17, 15) is 0 Å². The predicted octanol–water partition coefficient (Wildman–Crippen LogP) is 2.80. The second-order valence-electron chi connectivity index (χ2n) is 3.47. The molecular weight excluding hydrogens is 198 g/mol. The van der Waals surface area contributed by atoms with Crippen molar-refractivity contribution in [2.45, 2.75) is 6.92 Å². The molecule has 80 valence electrons. The van der Waals surface area contributed by atoms with Crippen LogP contribution in [0.15, 0.2) is 53.7 Å². The first kappa shape index (κ1) is 10.4. The molecule has 2 aromatic rings. The average Bonchev–Trinajstić information content (AvgIpc) is 2.31. The summed E-state index contributed by atoms with van der Waals surface area (Å²) in [6.45, 7) is 1.93. The van der Waals surface area contributed by atoms with Crippen LogP contribution in [0.5, 0.6) is 0 Å². The molecule has 1 heterocycles. The third kappa shape index (κ3) is 2.25. The molecule has 0 fully saturated rings. The summed E-state index contributed by atoms with van der Waals surface area (Å²) in [5, 5.41) is 0. The smallest absolute Gasteiger partial charge is 0.152 e. The Labute approximate surface area is 94.7 Å². The van der Waals surface area contributed by atoms with Crippen LogP contribution in [-0.4, -0.2) is 10.7 Å². The predicted molar refractivity (Wildman–Crippen MR) is 67.0 cm³/mol. The van der Waals surface area contributed by atoms with E-state index in [1.54, 1.807) is 6.20 Å². The van der Waals surface area contributed by atoms with Crippen molar-refractivity contribution < 1.29 is 0 Å². The highest BCUT2D eigenvalue weighted by molar-refractivity contribution is 6.04. The number of benzene rings is 1. The Balaban J connectivity index is 2.36. The van der Waals surface area contributed by atoms with Crippen molar-refractivity contribution in [1.29, 1.82) is 0 Å². The van der Waals surface area contributed by atoms with Crippen molar-refractivity contribution in [2.75, 3.05) is 5.73 Å². The second-order valence-corrected chi connectivity index (χ2v) is 3.47. The lowest BCUT2D eigenvalue weighted by Crippen LogP contribution is -2.00. The molecule has 0 saturated heterocycles. The molecule has 2 N–H and O–H groups in total. The number of hydrogen-bond donors (Lipinski definition) is 1. The average molecular weight is 211 g/mol. The first-order valence-corrected chi connectivity index (χ1v) is 5.08. The fourth-order valence-corrected chi connectivity index (χ4v) is 1.48. The Morgan fingerprint density at radius 2 is 1.88 bits per heavy atom. The number of hydrogen-bond acceptors (Lipinski definition) is 3. The minimum absolute atomic E-state index is 0.697. The number of pyridine rings is 1. The van der Waals surface area contributed by atoms with Crippen LogP contribution in [0.3, 0.4) is 0 Å². The fourth-order valence-electron chi connectivity index (χ4n) is 1.48. The van der Waals surface area contributed by atoms with Gasteiger partial charge in [-0.1, -0.05) is 24.3 Å². The van der Waals surface area contributed by atoms with Crippen LogP contribution in [0.25, 0.3) is 0 Å². The lowest BCUT2D eigenvalue weighted by atomic mass is 10.1. The molecule has 3 nitrogen and oxygen atoms in total. The molecule has 0 radical (unpaired) electrons. The van der Waals surface area contributed by atoms with Crippen LogP contribution < -0.4 is 5.73 Å². The number of rotatable bonds is 2. The van der Waals surface area contributed by atoms with Gasteiger partial charge in [0.15, 0.2) is 5.82 Å². The molecule has 1 aromatic heterocycles. The highest BCUT2D eigenvalue weighted by atomic mass is 14.9. The summed E-state index contributed by atoms with van der Waals surface area (Å²) >= 11 is 0. The molecule has 16 heavy (non-hydrogen) atoms. The van der Waals surface area contributed by atoms with E-state index in [2.05, 4.69) is 9.98 Å². The van der Waals surface area contributed by atoms with Gasteiger partial charge < -0.3 is 5.73 Å². The topological polar surface area (TPSA) is 51.3 Å². The van der Waals surface area contributed by atoms with E-state index in [1.165, 1.54) is 0 Å². The molecule has 0 unspecified atom stereocenters. The fraction of sp³-hybridized carbons (Fsp3) is 0.0769. The SMILES string of the molecule is CC(=Nc1ccccn1)c1ccccc1N. The van der Waals surface area contributed by atoms with E-state index in [-0.39, 0.29) is 0 Å². The number of anilines is 1. The van der Waals surface area contributed by atoms with Crippen molar-refractivity contribution in [2.24, 2.45) is 4.99 Å². The standard InChI is InChI=1S/C13H13N3/c1-10(11-6-2-3-7-12(11)14)16-13-8-4-5-9-15-13/h2-9H,14H2,1H3. The van der Waals surface area contributed by atoms with Crippen LogP contribution in [0.1, 0.15) is 12.5 Å². The highest BCUT2D eigenvalue weighted by Crippen LogP contribution is 2.15. The van der Waals surface area contributed by atoms with Crippen LogP contribution in [-0.2, 0) is 0 Å². The Kier molecular flexibility index (Phi) is 2.96. The van der Waals surface area contributed by atoms with E-state index in [4.69, 9.17) is 5.73 Å². The van der Waals surface area contributed by atoms with Gasteiger partial charge in [-0.25, -0.2) is 9.98 Å². The lowest BCUT2D eigenvalue weighted by molar-refractivity contribution is 1.27. The quantitative estimate of drug-likeness (QED) is 0.613. The number of para-hydroxylation sites is 1. The molecular formula is C13H13N3. The van der Waals surface area contributed by atoms with Gasteiger partial charge in [-0.15, -0.1) is 0 Å². The van der Waals surface area contributed by atoms with E-state index in [1.807, 2.05) is 49.4 Å². The zero-order chi connectivity index (χ0) is 11.4. The van der Waals surface area contributed by atoms with Gasteiger partial charge >= 0.3 is 0 Å². The van der Waals surface area contributed by atoms with Gasteiger partial charge in [-0.2, -0.15) is 0 Å². The van der Waals surface area contributed by atoms with E-state index < -0.39 is 0 Å². The summed E-state index contributed by atoms with van der Waals surface area (Å²) in [5.74, 6) is 0.697. The van der Waals surface area contributed by atoms with Crippen LogP contribution in [0.2, 0.25) is 0 Å². The summed E-state index contributed by atoms with van der Waals surface area (Å²) in [6, 6.07) is 13.3. The third-order valence-corrected chi connectivity index (χ3v) is 2.28. The van der Waals surface area contributed by atoms with Gasteiger partial charge in [-0.3, -0.25) is 0 Å². The first-order chi connectivity index (χ1) is 7.77. The minimum Gasteiger partial charge on any atom is -0.398 e. The maximum atomic E-state index is 5.87. The molecule has 0 saturated carbocycles. The molecule has 0 aliphatic rings. The van der Waals surface area contributed by atoms with E-state index >= 15 is 0 Å². The zero-order valence-electron chi connectivity index (χ0n) is 9.09. The number of nitrogens with zero attached hydrogens (tertiary/aromatic N) is 2. The Hall–Kier alpha value is -2.16. The largest absolute Gasteiger partial charge is 0.398 e. The monoisotopic (exact) mass is 211 g/mol. The first-order valence-electron chi connectivity index (χ1n) is 5.08. The minimum atomic E-state index is 0.697. The summed E-state index contributed by atoms with van der Waals surface area (Å²) < 4.78 is 0. The number of aliphatic imine (C=N–C) groups is 1. The zero-order valence-corrected chi connectivity index (χ0v) is 9.09. The second kappa shape index (κ2) is 4.57. The third-order valence-electron chi connectivity index (χ3n) is 2.28. The van der Waals surface area contributed by atoms with Crippen molar-refractivity contribution in [3.8, 4) is 0 Å². The molecule has 0 aliphatic heterocycles. The molecule has 2 rings (SSSR count). The summed E-state index contributed by atoms with van der Waals surface area (Å²) in [7, 11) is 0. The molecule has 0 atom stereocenters. The van der Waals surface area contributed by atoms with Crippen LogP contribution >= 0.6 is 0 Å². The van der Waals surface area contributed by atoms with Crippen molar-refractivity contribution in [3.05, 3.63) is 54.2 Å². The summed E-state index contributed by atoms with van der Waals surface area (Å²) in [6.07, 6.45) is 1.72. The number of nitrogen functional groups attached to an aromatic ring is 1. The van der Waals surface area contributed by atoms with E-state index in [0.29, 0.717) is 5.82 Å². The van der Waals surface area contributed by atoms with Crippen LogP contribution in [0.4, 0.5) is 11.5 Å². The molecule has 3 heteroatoms. The van der Waals surface area contributed by atoms with Gasteiger partial charge in [-0.05, 0) is 25.1 Å². The van der Waals surface area contributed by atoms with Gasteiger partial charge in [0.2, 0.25) is 0 Å². The van der Waals surface area contributed by atoms with E-state index in [0.717, 1.165) is 17.0 Å². The van der Waals surface area contributed by atoms with Crippen molar-refractivity contribution in [1.82, 2.24) is 4.98 Å². The normalized spacial score (nSPS) is 11.4. The number of nitrogens with two attached hydrogens (primary N) is 1.